The molecule has 1 aliphatic rings. The molecule has 2 aromatic carbocycles. The molecule has 1 aliphatic heterocycles. The molecule has 1 aromatic heterocycles. The van der Waals surface area contributed by atoms with Crippen LogP contribution in [-0.2, 0) is 17.6 Å². The van der Waals surface area contributed by atoms with Gasteiger partial charge >= 0.3 is 0 Å². The monoisotopic (exact) mass is 382 g/mol. The standard InChI is InChI=1S/C19H15BrN2O2/c20-16-4-2-1-3-13(16)12-19(23)22-10-8-14-11-15(5-6-17(14)22)18-7-9-21-24-18/h1-7,9,11H,8,10,12H2. The van der Waals surface area contributed by atoms with Gasteiger partial charge in [0.05, 0.1) is 12.6 Å². The van der Waals surface area contributed by atoms with Crippen molar-refractivity contribution in [2.45, 2.75) is 12.8 Å². The SMILES string of the molecule is O=C(Cc1ccccc1Br)N1CCc2cc(-c3ccno3)ccc21. The second-order valence-electron chi connectivity index (χ2n) is 5.78. The molecule has 0 saturated carbocycles. The summed E-state index contributed by atoms with van der Waals surface area (Å²) in [6, 6.07) is 15.7. The number of rotatable bonds is 3. The largest absolute Gasteiger partial charge is 0.356 e. The van der Waals surface area contributed by atoms with Gasteiger partial charge in [0, 0.05) is 28.3 Å². The Morgan fingerprint density at radius 3 is 2.88 bits per heavy atom. The van der Waals surface area contributed by atoms with Crippen LogP contribution in [0.5, 0.6) is 0 Å². The molecule has 4 rings (SSSR count). The average Bonchev–Trinajstić information content (AvgIpc) is 3.25. The molecule has 120 valence electrons. The lowest BCUT2D eigenvalue weighted by Gasteiger charge is -2.18. The minimum Gasteiger partial charge on any atom is -0.356 e. The van der Waals surface area contributed by atoms with Gasteiger partial charge in [-0.25, -0.2) is 0 Å². The molecule has 2 heterocycles. The van der Waals surface area contributed by atoms with Crippen LogP contribution in [0.3, 0.4) is 0 Å². The topological polar surface area (TPSA) is 46.3 Å². The summed E-state index contributed by atoms with van der Waals surface area (Å²) in [5.41, 5.74) is 4.17. The number of aromatic nitrogens is 1. The van der Waals surface area contributed by atoms with E-state index >= 15 is 0 Å². The molecule has 0 fully saturated rings. The van der Waals surface area contributed by atoms with Crippen molar-refractivity contribution in [3.8, 4) is 11.3 Å². The maximum Gasteiger partial charge on any atom is 0.231 e. The summed E-state index contributed by atoms with van der Waals surface area (Å²) in [6.45, 7) is 0.721. The highest BCUT2D eigenvalue weighted by Crippen LogP contribution is 2.33. The smallest absolute Gasteiger partial charge is 0.231 e. The Balaban J connectivity index is 1.58. The van der Waals surface area contributed by atoms with E-state index in [2.05, 4.69) is 27.2 Å². The number of anilines is 1. The number of fused-ring (bicyclic) bond motifs is 1. The second-order valence-corrected chi connectivity index (χ2v) is 6.64. The third-order valence-corrected chi connectivity index (χ3v) is 5.07. The lowest BCUT2D eigenvalue weighted by Crippen LogP contribution is -2.30. The molecular weight excluding hydrogens is 368 g/mol. The molecule has 0 bridgehead atoms. The summed E-state index contributed by atoms with van der Waals surface area (Å²) in [4.78, 5) is 14.6. The van der Waals surface area contributed by atoms with Crippen LogP contribution in [0.1, 0.15) is 11.1 Å². The maximum atomic E-state index is 12.7. The zero-order valence-electron chi connectivity index (χ0n) is 12.9. The van der Waals surface area contributed by atoms with Crippen LogP contribution in [0.15, 0.2) is 63.7 Å². The zero-order valence-corrected chi connectivity index (χ0v) is 14.5. The maximum absolute atomic E-state index is 12.7. The normalized spacial score (nSPS) is 13.1. The highest BCUT2D eigenvalue weighted by atomic mass is 79.9. The summed E-state index contributed by atoms with van der Waals surface area (Å²) in [5, 5.41) is 3.75. The Hall–Kier alpha value is -2.40. The molecule has 0 spiro atoms. The fraction of sp³-hybridized carbons (Fsp3) is 0.158. The molecule has 3 aromatic rings. The van der Waals surface area contributed by atoms with E-state index < -0.39 is 0 Å². The Labute approximate surface area is 148 Å². The molecule has 0 unspecified atom stereocenters. The van der Waals surface area contributed by atoms with E-state index in [1.807, 2.05) is 47.4 Å². The van der Waals surface area contributed by atoms with Crippen LogP contribution < -0.4 is 4.90 Å². The summed E-state index contributed by atoms with van der Waals surface area (Å²) in [5.74, 6) is 0.865. The van der Waals surface area contributed by atoms with Crippen LogP contribution in [0, 0.1) is 0 Å². The van der Waals surface area contributed by atoms with Crippen molar-refractivity contribution in [2.24, 2.45) is 0 Å². The summed E-state index contributed by atoms with van der Waals surface area (Å²) < 4.78 is 6.18. The van der Waals surface area contributed by atoms with Gasteiger partial charge in [0.25, 0.3) is 0 Å². The average molecular weight is 383 g/mol. The van der Waals surface area contributed by atoms with Gasteiger partial charge in [-0.15, -0.1) is 0 Å². The first-order valence-electron chi connectivity index (χ1n) is 7.80. The van der Waals surface area contributed by atoms with E-state index in [9.17, 15) is 4.79 Å². The third-order valence-electron chi connectivity index (χ3n) is 4.30. The van der Waals surface area contributed by atoms with E-state index in [-0.39, 0.29) is 5.91 Å². The van der Waals surface area contributed by atoms with Crippen molar-refractivity contribution in [1.29, 1.82) is 0 Å². The molecule has 0 atom stereocenters. The first kappa shape index (κ1) is 15.1. The van der Waals surface area contributed by atoms with Gasteiger partial charge in [0.2, 0.25) is 5.91 Å². The van der Waals surface area contributed by atoms with Crippen molar-refractivity contribution in [3.05, 3.63) is 70.3 Å². The van der Waals surface area contributed by atoms with E-state index in [1.54, 1.807) is 6.20 Å². The molecule has 0 saturated heterocycles. The van der Waals surface area contributed by atoms with Crippen molar-refractivity contribution >= 4 is 27.5 Å². The quantitative estimate of drug-likeness (QED) is 0.680. The van der Waals surface area contributed by atoms with E-state index in [4.69, 9.17) is 4.52 Å². The van der Waals surface area contributed by atoms with Crippen LogP contribution in [-0.4, -0.2) is 17.6 Å². The van der Waals surface area contributed by atoms with Gasteiger partial charge in [-0.05, 0) is 41.8 Å². The van der Waals surface area contributed by atoms with Crippen LogP contribution in [0.4, 0.5) is 5.69 Å². The molecule has 5 heteroatoms. The summed E-state index contributed by atoms with van der Waals surface area (Å²) in [6.07, 6.45) is 2.89. The first-order valence-corrected chi connectivity index (χ1v) is 8.59. The van der Waals surface area contributed by atoms with Gasteiger partial charge in [-0.3, -0.25) is 4.79 Å². The number of benzene rings is 2. The predicted molar refractivity (Wildman–Crippen MR) is 95.8 cm³/mol. The van der Waals surface area contributed by atoms with E-state index in [1.165, 1.54) is 5.56 Å². The van der Waals surface area contributed by atoms with Gasteiger partial charge in [0.15, 0.2) is 5.76 Å². The van der Waals surface area contributed by atoms with Crippen molar-refractivity contribution in [2.75, 3.05) is 11.4 Å². The third kappa shape index (κ3) is 2.76. The minimum atomic E-state index is 0.119. The number of nitrogens with zero attached hydrogens (tertiary/aromatic N) is 2. The Bertz CT molecular complexity index is 890. The Morgan fingerprint density at radius 2 is 2.08 bits per heavy atom. The molecule has 1 amide bonds. The van der Waals surface area contributed by atoms with Gasteiger partial charge < -0.3 is 9.42 Å². The summed E-state index contributed by atoms with van der Waals surface area (Å²) >= 11 is 3.51. The second kappa shape index (κ2) is 6.24. The highest BCUT2D eigenvalue weighted by Gasteiger charge is 2.25. The van der Waals surface area contributed by atoms with Gasteiger partial charge in [0.1, 0.15) is 0 Å². The minimum absolute atomic E-state index is 0.119. The van der Waals surface area contributed by atoms with Crippen molar-refractivity contribution in [3.63, 3.8) is 0 Å². The van der Waals surface area contributed by atoms with Crippen molar-refractivity contribution < 1.29 is 9.32 Å². The predicted octanol–water partition coefficient (Wildman–Crippen LogP) is 4.24. The molecule has 0 radical (unpaired) electrons. The lowest BCUT2D eigenvalue weighted by atomic mass is 10.1. The number of amides is 1. The number of hydrogen-bond donors (Lipinski definition) is 0. The number of carbonyl (C=O) groups is 1. The number of halogens is 1. The van der Waals surface area contributed by atoms with Crippen LogP contribution in [0.25, 0.3) is 11.3 Å². The molecule has 0 N–H and O–H groups in total. The lowest BCUT2D eigenvalue weighted by molar-refractivity contribution is -0.117. The highest BCUT2D eigenvalue weighted by molar-refractivity contribution is 9.10. The zero-order chi connectivity index (χ0) is 16.5. The molecule has 4 nitrogen and oxygen atoms in total. The Kier molecular flexibility index (Phi) is 3.94. The number of hydrogen-bond acceptors (Lipinski definition) is 3. The summed E-state index contributed by atoms with van der Waals surface area (Å²) in [7, 11) is 0. The fourth-order valence-electron chi connectivity index (χ4n) is 3.08. The molecular formula is C19H15BrN2O2. The van der Waals surface area contributed by atoms with Crippen LogP contribution in [0.2, 0.25) is 0 Å². The molecule has 24 heavy (non-hydrogen) atoms. The van der Waals surface area contributed by atoms with E-state index in [0.717, 1.165) is 40.0 Å². The van der Waals surface area contributed by atoms with Gasteiger partial charge in [-0.1, -0.05) is 39.3 Å². The van der Waals surface area contributed by atoms with E-state index in [0.29, 0.717) is 6.42 Å². The number of carbonyl (C=O) groups excluding carboxylic acids is 1. The Morgan fingerprint density at radius 1 is 1.21 bits per heavy atom. The van der Waals surface area contributed by atoms with Crippen molar-refractivity contribution in [1.82, 2.24) is 5.16 Å². The molecule has 0 aliphatic carbocycles. The first-order chi connectivity index (χ1) is 11.7. The fourth-order valence-corrected chi connectivity index (χ4v) is 3.50. The van der Waals surface area contributed by atoms with Gasteiger partial charge in [-0.2, -0.15) is 0 Å². The van der Waals surface area contributed by atoms with Crippen LogP contribution >= 0.6 is 15.9 Å².